The van der Waals surface area contributed by atoms with Gasteiger partial charge in [0.05, 0.1) is 12.0 Å². The number of nitrogens with zero attached hydrogens (tertiary/aromatic N) is 1. The fourth-order valence-corrected chi connectivity index (χ4v) is 4.34. The Morgan fingerprint density at radius 2 is 1.94 bits per heavy atom. The van der Waals surface area contributed by atoms with Gasteiger partial charge < -0.3 is 14.1 Å². The second kappa shape index (κ2) is 9.48. The van der Waals surface area contributed by atoms with Crippen molar-refractivity contribution in [3.05, 3.63) is 69.9 Å². The standard InChI is InChI=1S/C26H29NO4/c1-18-10-6-7-15-27(18)16-9-17-30-26(29)22-14-8-13-21-23(28)19(2)24(31-25(21)22)20-11-4-3-5-12-20/h3-5,8,11-14,18H,6-7,9-10,15-17H2,1-2H3. The molecule has 5 nitrogen and oxygen atoms in total. The lowest BCUT2D eigenvalue weighted by molar-refractivity contribution is 0.0476. The summed E-state index contributed by atoms with van der Waals surface area (Å²) in [7, 11) is 0. The van der Waals surface area contributed by atoms with Gasteiger partial charge in [-0.15, -0.1) is 0 Å². The number of carbonyl (C=O) groups is 1. The van der Waals surface area contributed by atoms with E-state index in [4.69, 9.17) is 9.15 Å². The van der Waals surface area contributed by atoms with Gasteiger partial charge in [-0.1, -0.05) is 42.8 Å². The first-order valence-electron chi connectivity index (χ1n) is 11.1. The monoisotopic (exact) mass is 419 g/mol. The molecule has 1 aromatic heterocycles. The molecule has 1 aliphatic rings. The molecule has 0 N–H and O–H groups in total. The summed E-state index contributed by atoms with van der Waals surface area (Å²) in [6.45, 7) is 6.40. The molecule has 3 aromatic rings. The highest BCUT2D eigenvalue weighted by atomic mass is 16.5. The molecule has 0 saturated carbocycles. The van der Waals surface area contributed by atoms with Crippen LogP contribution in [0.4, 0.5) is 0 Å². The Morgan fingerprint density at radius 3 is 2.71 bits per heavy atom. The van der Waals surface area contributed by atoms with Crippen LogP contribution in [0.5, 0.6) is 0 Å². The van der Waals surface area contributed by atoms with Crippen molar-refractivity contribution in [2.24, 2.45) is 0 Å². The van der Waals surface area contributed by atoms with Crippen molar-refractivity contribution < 1.29 is 13.9 Å². The van der Waals surface area contributed by atoms with Gasteiger partial charge in [-0.05, 0) is 51.8 Å². The minimum Gasteiger partial charge on any atom is -0.462 e. The van der Waals surface area contributed by atoms with E-state index in [2.05, 4.69) is 11.8 Å². The van der Waals surface area contributed by atoms with E-state index in [1.165, 1.54) is 19.3 Å². The van der Waals surface area contributed by atoms with Crippen LogP contribution in [0.15, 0.2) is 57.7 Å². The average Bonchev–Trinajstić information content (AvgIpc) is 2.80. The van der Waals surface area contributed by atoms with Crippen molar-refractivity contribution in [3.63, 3.8) is 0 Å². The van der Waals surface area contributed by atoms with E-state index in [-0.39, 0.29) is 16.6 Å². The zero-order valence-electron chi connectivity index (χ0n) is 18.2. The molecule has 31 heavy (non-hydrogen) atoms. The number of benzene rings is 2. The van der Waals surface area contributed by atoms with Crippen molar-refractivity contribution in [3.8, 4) is 11.3 Å². The van der Waals surface area contributed by atoms with Gasteiger partial charge in [0.15, 0.2) is 11.0 Å². The van der Waals surface area contributed by atoms with Crippen LogP contribution < -0.4 is 5.43 Å². The Labute approximate surface area is 182 Å². The third-order valence-electron chi connectivity index (χ3n) is 6.16. The summed E-state index contributed by atoms with van der Waals surface area (Å²) >= 11 is 0. The van der Waals surface area contributed by atoms with Crippen molar-refractivity contribution in [1.29, 1.82) is 0 Å². The predicted octanol–water partition coefficient (Wildman–Crippen LogP) is 5.19. The summed E-state index contributed by atoms with van der Waals surface area (Å²) < 4.78 is 11.7. The third-order valence-corrected chi connectivity index (χ3v) is 6.16. The van der Waals surface area contributed by atoms with E-state index in [9.17, 15) is 9.59 Å². The number of hydrogen-bond acceptors (Lipinski definition) is 5. The molecule has 1 fully saturated rings. The molecular formula is C26H29NO4. The van der Waals surface area contributed by atoms with E-state index in [1.54, 1.807) is 25.1 Å². The maximum Gasteiger partial charge on any atom is 0.341 e. The van der Waals surface area contributed by atoms with Crippen LogP contribution >= 0.6 is 0 Å². The number of rotatable bonds is 6. The molecule has 0 aliphatic carbocycles. The largest absolute Gasteiger partial charge is 0.462 e. The van der Waals surface area contributed by atoms with E-state index < -0.39 is 5.97 Å². The summed E-state index contributed by atoms with van der Waals surface area (Å²) in [5.41, 5.74) is 1.77. The molecule has 1 atom stereocenters. The van der Waals surface area contributed by atoms with Crippen LogP contribution in [0.2, 0.25) is 0 Å². The van der Waals surface area contributed by atoms with Gasteiger partial charge in [0.2, 0.25) is 0 Å². The van der Waals surface area contributed by atoms with Crippen LogP contribution in [-0.2, 0) is 4.74 Å². The van der Waals surface area contributed by atoms with Gasteiger partial charge in [0.1, 0.15) is 11.3 Å². The van der Waals surface area contributed by atoms with Gasteiger partial charge in [-0.25, -0.2) is 4.79 Å². The lowest BCUT2D eigenvalue weighted by Crippen LogP contribution is -2.38. The third kappa shape index (κ3) is 4.57. The van der Waals surface area contributed by atoms with Crippen LogP contribution in [0.1, 0.15) is 48.5 Å². The molecule has 1 unspecified atom stereocenters. The van der Waals surface area contributed by atoms with Crippen molar-refractivity contribution in [2.75, 3.05) is 19.7 Å². The summed E-state index contributed by atoms with van der Waals surface area (Å²) in [5, 5.41) is 0.397. The molecule has 2 heterocycles. The van der Waals surface area contributed by atoms with Gasteiger partial charge in [-0.3, -0.25) is 4.79 Å². The van der Waals surface area contributed by atoms with Crippen molar-refractivity contribution >= 4 is 16.9 Å². The second-order valence-corrected chi connectivity index (χ2v) is 8.30. The predicted molar refractivity (Wildman–Crippen MR) is 122 cm³/mol. The fraction of sp³-hybridized carbons (Fsp3) is 0.385. The van der Waals surface area contributed by atoms with E-state index >= 15 is 0 Å². The van der Waals surface area contributed by atoms with E-state index in [0.29, 0.717) is 29.4 Å². The molecule has 0 bridgehead atoms. The highest BCUT2D eigenvalue weighted by Crippen LogP contribution is 2.27. The first-order chi connectivity index (χ1) is 15.1. The number of esters is 1. The highest BCUT2D eigenvalue weighted by molar-refractivity contribution is 6.02. The average molecular weight is 420 g/mol. The number of likely N-dealkylation sites (tertiary alicyclic amines) is 1. The molecule has 162 valence electrons. The van der Waals surface area contributed by atoms with E-state index in [0.717, 1.165) is 25.1 Å². The first-order valence-corrected chi connectivity index (χ1v) is 11.1. The molecule has 0 amide bonds. The minimum absolute atomic E-state index is 0.131. The lowest BCUT2D eigenvalue weighted by atomic mass is 10.0. The molecule has 1 saturated heterocycles. The Kier molecular flexibility index (Phi) is 6.52. The Bertz CT molecular complexity index is 1120. The van der Waals surface area contributed by atoms with Gasteiger partial charge in [0, 0.05) is 23.7 Å². The SMILES string of the molecule is Cc1c(-c2ccccc2)oc2c(C(=O)OCCCN3CCCCC3C)cccc2c1=O. The summed E-state index contributed by atoms with van der Waals surface area (Å²) in [6, 6.07) is 15.1. The number of fused-ring (bicyclic) bond motifs is 1. The van der Waals surface area contributed by atoms with Crippen molar-refractivity contribution in [1.82, 2.24) is 4.90 Å². The number of para-hydroxylation sites is 1. The minimum atomic E-state index is -0.455. The summed E-state index contributed by atoms with van der Waals surface area (Å²) in [6.07, 6.45) is 4.56. The quantitative estimate of drug-likeness (QED) is 0.406. The van der Waals surface area contributed by atoms with Crippen molar-refractivity contribution in [2.45, 2.75) is 45.6 Å². The molecule has 4 rings (SSSR count). The van der Waals surface area contributed by atoms with Gasteiger partial charge in [-0.2, -0.15) is 0 Å². The zero-order chi connectivity index (χ0) is 21.8. The normalized spacial score (nSPS) is 17.0. The van der Waals surface area contributed by atoms with Crippen LogP contribution in [0, 0.1) is 6.92 Å². The van der Waals surface area contributed by atoms with Crippen LogP contribution in [0.3, 0.4) is 0 Å². The van der Waals surface area contributed by atoms with Crippen LogP contribution in [-0.4, -0.2) is 36.6 Å². The second-order valence-electron chi connectivity index (χ2n) is 8.30. The summed E-state index contributed by atoms with van der Waals surface area (Å²) in [4.78, 5) is 28.2. The number of hydrogen-bond donors (Lipinski definition) is 0. The Morgan fingerprint density at radius 1 is 1.13 bits per heavy atom. The zero-order valence-corrected chi connectivity index (χ0v) is 18.2. The maximum absolute atomic E-state index is 12.9. The highest BCUT2D eigenvalue weighted by Gasteiger charge is 2.20. The first kappa shape index (κ1) is 21.3. The lowest BCUT2D eigenvalue weighted by Gasteiger charge is -2.33. The number of carbonyl (C=O) groups excluding carboxylic acids is 1. The Balaban J connectivity index is 1.54. The van der Waals surface area contributed by atoms with Gasteiger partial charge >= 0.3 is 5.97 Å². The topological polar surface area (TPSA) is 59.8 Å². The van der Waals surface area contributed by atoms with Gasteiger partial charge in [0.25, 0.3) is 0 Å². The smallest absolute Gasteiger partial charge is 0.341 e. The number of ether oxygens (including phenoxy) is 1. The fourth-order valence-electron chi connectivity index (χ4n) is 4.34. The van der Waals surface area contributed by atoms with Crippen LogP contribution in [0.25, 0.3) is 22.3 Å². The molecule has 0 radical (unpaired) electrons. The molecule has 2 aromatic carbocycles. The molecular weight excluding hydrogens is 390 g/mol. The molecule has 1 aliphatic heterocycles. The number of piperidine rings is 1. The summed E-state index contributed by atoms with van der Waals surface area (Å²) in [5.74, 6) is 0.0285. The Hall–Kier alpha value is -2.92. The van der Waals surface area contributed by atoms with E-state index in [1.807, 2.05) is 30.3 Å². The maximum atomic E-state index is 12.9. The molecule has 0 spiro atoms. The molecule has 5 heteroatoms.